The molecule has 3 aromatic rings. The molecule has 39 heavy (non-hydrogen) atoms. The van der Waals surface area contributed by atoms with Crippen molar-refractivity contribution in [3.63, 3.8) is 0 Å². The van der Waals surface area contributed by atoms with E-state index in [0.29, 0.717) is 41.7 Å². The molecule has 4 unspecified atom stereocenters. The molecule has 3 aliphatic heterocycles. The molecule has 2 bridgehead atoms. The van der Waals surface area contributed by atoms with Gasteiger partial charge in [0.2, 0.25) is 0 Å². The number of aliphatic hydroxyl groups is 1. The summed E-state index contributed by atoms with van der Waals surface area (Å²) in [5, 5.41) is 12.5. The molecular formula is C29H29F6N2O2+. The number of halogens is 6. The molecule has 3 saturated heterocycles. The second kappa shape index (κ2) is 9.82. The van der Waals surface area contributed by atoms with Crippen LogP contribution in [0.2, 0.25) is 0 Å². The Hall–Kier alpha value is -3.11. The first-order valence-corrected chi connectivity index (χ1v) is 12.7. The average molecular weight is 552 g/mol. The number of hydrogen-bond acceptors (Lipinski definition) is 3. The lowest BCUT2D eigenvalue weighted by Gasteiger charge is -2.58. The summed E-state index contributed by atoms with van der Waals surface area (Å²) in [4.78, 5) is 4.37. The molecule has 0 radical (unpaired) electrons. The summed E-state index contributed by atoms with van der Waals surface area (Å²) < 4.78 is 87.2. The summed E-state index contributed by atoms with van der Waals surface area (Å²) in [5.74, 6) is 0.843. The standard InChI is InChI=1S/C29H29F6N2O2/c1-3-18-16-37(15-17-10-20(28(30,31)32)13-21(11-17)29(33,34)35)9-7-19(18)12-26(37)27(38)23-6-8-36-25-5-4-22(39-2)14-24(23)25/h3-6,8,10-11,13-14,18-19,26-27,38H,1,7,9,12,15-16H2,2H3/q+1/t18?,19?,26?,27-,37?/m1/s1. The van der Waals surface area contributed by atoms with Gasteiger partial charge >= 0.3 is 12.4 Å². The predicted octanol–water partition coefficient (Wildman–Crippen LogP) is 6.93. The number of rotatable bonds is 6. The number of alkyl halides is 6. The van der Waals surface area contributed by atoms with E-state index in [-0.39, 0.29) is 34.5 Å². The molecule has 5 atom stereocenters. The summed E-state index contributed by atoms with van der Waals surface area (Å²) in [6, 6.07) is 8.34. The van der Waals surface area contributed by atoms with Crippen molar-refractivity contribution in [2.75, 3.05) is 20.2 Å². The number of piperidine rings is 3. The lowest BCUT2D eigenvalue weighted by molar-refractivity contribution is -0.984. The van der Waals surface area contributed by atoms with Gasteiger partial charge in [-0.25, -0.2) is 0 Å². The molecule has 4 heterocycles. The Morgan fingerprint density at radius 2 is 1.77 bits per heavy atom. The zero-order chi connectivity index (χ0) is 28.2. The van der Waals surface area contributed by atoms with Gasteiger partial charge < -0.3 is 14.3 Å². The summed E-state index contributed by atoms with van der Waals surface area (Å²) in [7, 11) is 1.53. The number of quaternary nitrogens is 1. The predicted molar refractivity (Wildman–Crippen MR) is 134 cm³/mol. The number of hydrogen-bond donors (Lipinski definition) is 1. The van der Waals surface area contributed by atoms with Crippen molar-refractivity contribution in [3.05, 3.63) is 83.6 Å². The molecule has 10 heteroatoms. The number of fused-ring (bicyclic) bond motifs is 4. The van der Waals surface area contributed by atoms with Crippen molar-refractivity contribution in [1.82, 2.24) is 4.98 Å². The van der Waals surface area contributed by atoms with Crippen molar-refractivity contribution in [1.29, 1.82) is 0 Å². The van der Waals surface area contributed by atoms with E-state index in [1.807, 2.05) is 6.08 Å². The normalized spacial score (nSPS) is 26.0. The van der Waals surface area contributed by atoms with Crippen molar-refractivity contribution in [2.45, 2.75) is 43.9 Å². The third-order valence-electron chi connectivity index (χ3n) is 8.49. The lowest BCUT2D eigenvalue weighted by Crippen LogP contribution is -2.67. The van der Waals surface area contributed by atoms with Crippen molar-refractivity contribution in [2.24, 2.45) is 11.8 Å². The molecule has 208 valence electrons. The zero-order valence-electron chi connectivity index (χ0n) is 21.3. The SMILES string of the molecule is C=CC1C[N+]2(Cc3cc(C(F)(F)F)cc(C(F)(F)F)c3)CCC1CC2[C@H](O)c1ccnc2ccc(OC)cc12. The smallest absolute Gasteiger partial charge is 0.416 e. The third-order valence-corrected chi connectivity index (χ3v) is 8.49. The zero-order valence-corrected chi connectivity index (χ0v) is 21.3. The van der Waals surface area contributed by atoms with Crippen LogP contribution in [0.25, 0.3) is 10.9 Å². The van der Waals surface area contributed by atoms with Gasteiger partial charge in [0, 0.05) is 35.9 Å². The Balaban J connectivity index is 1.60. The van der Waals surface area contributed by atoms with Gasteiger partial charge in [-0.2, -0.15) is 26.3 Å². The van der Waals surface area contributed by atoms with E-state index in [1.165, 1.54) is 7.11 Å². The molecule has 6 rings (SSSR count). The second-order valence-corrected chi connectivity index (χ2v) is 10.7. The lowest BCUT2D eigenvalue weighted by atomic mass is 9.71. The molecule has 0 aliphatic carbocycles. The summed E-state index contributed by atoms with van der Waals surface area (Å²) >= 11 is 0. The monoisotopic (exact) mass is 551 g/mol. The third kappa shape index (κ3) is 5.12. The van der Waals surface area contributed by atoms with Crippen LogP contribution in [0, 0.1) is 11.8 Å². The molecule has 1 N–H and O–H groups in total. The van der Waals surface area contributed by atoms with Crippen LogP contribution in [-0.4, -0.2) is 40.8 Å². The fourth-order valence-electron chi connectivity index (χ4n) is 6.59. The van der Waals surface area contributed by atoms with Gasteiger partial charge in [0.05, 0.1) is 36.8 Å². The van der Waals surface area contributed by atoms with Gasteiger partial charge in [-0.15, -0.1) is 6.58 Å². The number of pyridine rings is 1. The molecule has 1 aromatic heterocycles. The minimum Gasteiger partial charge on any atom is -0.497 e. The van der Waals surface area contributed by atoms with E-state index >= 15 is 0 Å². The van der Waals surface area contributed by atoms with Crippen molar-refractivity contribution in [3.8, 4) is 5.75 Å². The van der Waals surface area contributed by atoms with Gasteiger partial charge in [-0.05, 0) is 53.9 Å². The Morgan fingerprint density at radius 1 is 1.08 bits per heavy atom. The van der Waals surface area contributed by atoms with E-state index in [9.17, 15) is 31.4 Å². The number of aliphatic hydroxyl groups excluding tert-OH is 1. The summed E-state index contributed by atoms with van der Waals surface area (Å²) in [6.07, 6.45) is -6.16. The molecule has 0 saturated carbocycles. The summed E-state index contributed by atoms with van der Waals surface area (Å²) in [5.41, 5.74) is -1.47. The number of ether oxygens (including phenoxy) is 1. The molecule has 0 spiro atoms. The van der Waals surface area contributed by atoms with Crippen LogP contribution < -0.4 is 4.74 Å². The molecule has 4 nitrogen and oxygen atoms in total. The van der Waals surface area contributed by atoms with E-state index in [4.69, 9.17) is 4.74 Å². The Morgan fingerprint density at radius 3 is 2.38 bits per heavy atom. The van der Waals surface area contributed by atoms with E-state index in [2.05, 4.69) is 11.6 Å². The van der Waals surface area contributed by atoms with Gasteiger partial charge in [0.1, 0.15) is 24.4 Å². The highest BCUT2D eigenvalue weighted by molar-refractivity contribution is 5.83. The first kappa shape index (κ1) is 27.5. The number of nitrogens with zero attached hydrogens (tertiary/aromatic N) is 2. The number of benzene rings is 2. The highest BCUT2D eigenvalue weighted by Crippen LogP contribution is 2.48. The van der Waals surface area contributed by atoms with Crippen LogP contribution in [0.15, 0.2) is 61.3 Å². The van der Waals surface area contributed by atoms with E-state index < -0.39 is 35.6 Å². The molecule has 3 aliphatic rings. The second-order valence-electron chi connectivity index (χ2n) is 10.7. The maximum Gasteiger partial charge on any atom is 0.416 e. The van der Waals surface area contributed by atoms with Gasteiger partial charge in [-0.3, -0.25) is 4.98 Å². The molecule has 0 amide bonds. The molecular weight excluding hydrogens is 522 g/mol. The Bertz CT molecular complexity index is 1360. The van der Waals surface area contributed by atoms with Crippen molar-refractivity contribution >= 4 is 10.9 Å². The fraction of sp³-hybridized carbons (Fsp3) is 0.414. The first-order chi connectivity index (χ1) is 18.3. The van der Waals surface area contributed by atoms with E-state index in [1.54, 1.807) is 30.5 Å². The van der Waals surface area contributed by atoms with E-state index in [0.717, 1.165) is 18.6 Å². The average Bonchev–Trinajstić information content (AvgIpc) is 2.90. The fourth-order valence-corrected chi connectivity index (χ4v) is 6.59. The Kier molecular flexibility index (Phi) is 6.91. The highest BCUT2D eigenvalue weighted by Gasteiger charge is 2.54. The van der Waals surface area contributed by atoms with Crippen LogP contribution in [0.3, 0.4) is 0 Å². The minimum atomic E-state index is -4.93. The van der Waals surface area contributed by atoms with Crippen LogP contribution in [0.4, 0.5) is 26.3 Å². The molecule has 3 fully saturated rings. The first-order valence-electron chi connectivity index (χ1n) is 12.7. The quantitative estimate of drug-likeness (QED) is 0.205. The maximum atomic E-state index is 13.6. The van der Waals surface area contributed by atoms with Crippen LogP contribution in [-0.2, 0) is 18.9 Å². The van der Waals surface area contributed by atoms with Crippen LogP contribution >= 0.6 is 0 Å². The topological polar surface area (TPSA) is 42.4 Å². The number of aromatic nitrogens is 1. The highest BCUT2D eigenvalue weighted by atomic mass is 19.4. The summed E-state index contributed by atoms with van der Waals surface area (Å²) in [6.45, 7) is 4.86. The largest absolute Gasteiger partial charge is 0.497 e. The van der Waals surface area contributed by atoms with Gasteiger partial charge in [0.15, 0.2) is 0 Å². The van der Waals surface area contributed by atoms with Crippen molar-refractivity contribution < 1.29 is 40.7 Å². The van der Waals surface area contributed by atoms with Gasteiger partial charge in [0.25, 0.3) is 0 Å². The Labute approximate surface area is 222 Å². The van der Waals surface area contributed by atoms with Crippen LogP contribution in [0.5, 0.6) is 5.75 Å². The minimum absolute atomic E-state index is 0.0457. The molecule has 2 aromatic carbocycles. The number of methoxy groups -OCH3 is 1. The van der Waals surface area contributed by atoms with Crippen LogP contribution in [0.1, 0.15) is 41.2 Å². The van der Waals surface area contributed by atoms with Gasteiger partial charge in [-0.1, -0.05) is 6.08 Å². The maximum absolute atomic E-state index is 13.6.